The molecule has 9 heteroatoms. The summed E-state index contributed by atoms with van der Waals surface area (Å²) in [6.45, 7) is 4.10. The Morgan fingerprint density at radius 3 is 3.10 bits per heavy atom. The van der Waals surface area contributed by atoms with Crippen LogP contribution in [0.5, 0.6) is 0 Å². The van der Waals surface area contributed by atoms with Crippen molar-refractivity contribution in [2.24, 2.45) is 0 Å². The van der Waals surface area contributed by atoms with Crippen LogP contribution in [0.3, 0.4) is 0 Å². The molecular weight excluding hydrogens is 292 g/mol. The normalized spacial score (nSPS) is 9.86. The highest BCUT2D eigenvalue weighted by atomic mass is 32.1. The molecule has 4 N–H and O–H groups in total. The highest BCUT2D eigenvalue weighted by molar-refractivity contribution is 7.18. The van der Waals surface area contributed by atoms with Crippen LogP contribution in [0.15, 0.2) is 23.6 Å². The minimum absolute atomic E-state index is 0.152. The SMILES string of the molecule is C=CCNC(=O)c1sc(NCc2ncon2)c(C#N)c1N. The number of thiophene rings is 1. The summed E-state index contributed by atoms with van der Waals surface area (Å²) in [4.78, 5) is 16.1. The quantitative estimate of drug-likeness (QED) is 0.681. The first-order chi connectivity index (χ1) is 10.2. The van der Waals surface area contributed by atoms with E-state index >= 15 is 0 Å². The number of rotatable bonds is 6. The number of amides is 1. The maximum Gasteiger partial charge on any atom is 0.263 e. The van der Waals surface area contributed by atoms with E-state index in [2.05, 4.69) is 31.9 Å². The molecule has 0 spiro atoms. The van der Waals surface area contributed by atoms with Crippen LogP contribution in [0, 0.1) is 11.3 Å². The number of hydrogen-bond donors (Lipinski definition) is 3. The summed E-state index contributed by atoms with van der Waals surface area (Å²) in [5.74, 6) is 0.0880. The molecule has 2 heterocycles. The maximum atomic E-state index is 11.9. The minimum Gasteiger partial charge on any atom is -0.396 e. The van der Waals surface area contributed by atoms with Gasteiger partial charge in [-0.3, -0.25) is 4.79 Å². The highest BCUT2D eigenvalue weighted by Gasteiger charge is 2.20. The summed E-state index contributed by atoms with van der Waals surface area (Å²) in [7, 11) is 0. The van der Waals surface area contributed by atoms with E-state index in [0.717, 1.165) is 11.3 Å². The van der Waals surface area contributed by atoms with Gasteiger partial charge in [-0.05, 0) is 0 Å². The van der Waals surface area contributed by atoms with Gasteiger partial charge < -0.3 is 20.9 Å². The van der Waals surface area contributed by atoms with E-state index in [1.165, 1.54) is 6.39 Å². The fraction of sp³-hybridized carbons (Fsp3) is 0.167. The zero-order valence-electron chi connectivity index (χ0n) is 10.9. The molecule has 2 aromatic heterocycles. The molecule has 108 valence electrons. The summed E-state index contributed by atoms with van der Waals surface area (Å²) in [6, 6.07) is 1.98. The molecule has 2 rings (SSSR count). The smallest absolute Gasteiger partial charge is 0.263 e. The van der Waals surface area contributed by atoms with E-state index in [1.54, 1.807) is 6.08 Å². The number of nitrogen functional groups attached to an aromatic ring is 1. The Hall–Kier alpha value is -2.86. The predicted octanol–water partition coefficient (Wildman–Crippen LogP) is 1.11. The second-order valence-corrected chi connectivity index (χ2v) is 4.88. The lowest BCUT2D eigenvalue weighted by molar-refractivity contribution is 0.0963. The molecule has 0 aromatic carbocycles. The molecule has 0 radical (unpaired) electrons. The van der Waals surface area contributed by atoms with Crippen molar-refractivity contribution >= 4 is 27.9 Å². The summed E-state index contributed by atoms with van der Waals surface area (Å²) in [5, 5.41) is 18.9. The van der Waals surface area contributed by atoms with Gasteiger partial charge in [0.1, 0.15) is 21.5 Å². The van der Waals surface area contributed by atoms with Crippen LogP contribution in [0.25, 0.3) is 0 Å². The van der Waals surface area contributed by atoms with Crippen molar-refractivity contribution in [1.29, 1.82) is 5.26 Å². The number of nitrogens with two attached hydrogens (primary N) is 1. The van der Waals surface area contributed by atoms with Crippen LogP contribution in [0.1, 0.15) is 21.1 Å². The molecular formula is C12H12N6O2S. The molecule has 2 aromatic rings. The molecule has 0 saturated heterocycles. The number of nitrogens with zero attached hydrogens (tertiary/aromatic N) is 3. The molecule has 0 aliphatic carbocycles. The first-order valence-electron chi connectivity index (χ1n) is 5.88. The van der Waals surface area contributed by atoms with Crippen molar-refractivity contribution in [3.05, 3.63) is 35.3 Å². The summed E-state index contributed by atoms with van der Waals surface area (Å²) >= 11 is 1.10. The molecule has 0 unspecified atom stereocenters. The molecule has 0 aliphatic heterocycles. The third kappa shape index (κ3) is 3.18. The summed E-state index contributed by atoms with van der Waals surface area (Å²) < 4.78 is 4.61. The lowest BCUT2D eigenvalue weighted by atomic mass is 10.2. The van der Waals surface area contributed by atoms with E-state index < -0.39 is 0 Å². The van der Waals surface area contributed by atoms with Gasteiger partial charge in [-0.15, -0.1) is 17.9 Å². The first kappa shape index (κ1) is 14.5. The zero-order chi connectivity index (χ0) is 15.2. The largest absolute Gasteiger partial charge is 0.396 e. The van der Waals surface area contributed by atoms with Crippen molar-refractivity contribution in [2.75, 3.05) is 17.6 Å². The average Bonchev–Trinajstić information content (AvgIpc) is 3.10. The third-order valence-corrected chi connectivity index (χ3v) is 3.65. The Kier molecular flexibility index (Phi) is 4.53. The van der Waals surface area contributed by atoms with E-state index in [0.29, 0.717) is 17.4 Å². The lowest BCUT2D eigenvalue weighted by Gasteiger charge is -1.99. The standard InChI is InChI=1S/C12H12N6O2S/c1-2-3-15-11(19)10-9(14)7(4-13)12(21-10)16-5-8-17-6-20-18-8/h2,6,16H,1,3,5,14H2,(H,15,19). The minimum atomic E-state index is -0.346. The Morgan fingerprint density at radius 2 is 2.48 bits per heavy atom. The van der Waals surface area contributed by atoms with Crippen molar-refractivity contribution in [3.63, 3.8) is 0 Å². The van der Waals surface area contributed by atoms with Crippen molar-refractivity contribution in [3.8, 4) is 6.07 Å². The number of nitriles is 1. The van der Waals surface area contributed by atoms with E-state index in [1.807, 2.05) is 6.07 Å². The Morgan fingerprint density at radius 1 is 1.67 bits per heavy atom. The number of anilines is 2. The van der Waals surface area contributed by atoms with Crippen molar-refractivity contribution < 1.29 is 9.32 Å². The molecule has 21 heavy (non-hydrogen) atoms. The Bertz CT molecular complexity index is 685. The maximum absolute atomic E-state index is 11.9. The van der Waals surface area contributed by atoms with Gasteiger partial charge in [0.05, 0.1) is 12.2 Å². The van der Waals surface area contributed by atoms with Gasteiger partial charge in [-0.2, -0.15) is 10.2 Å². The number of nitrogens with one attached hydrogen (secondary N) is 2. The second kappa shape index (κ2) is 6.53. The van der Waals surface area contributed by atoms with Crippen molar-refractivity contribution in [1.82, 2.24) is 15.5 Å². The van der Waals surface area contributed by atoms with Gasteiger partial charge in [0.25, 0.3) is 5.91 Å². The zero-order valence-corrected chi connectivity index (χ0v) is 11.7. The number of hydrogen-bond acceptors (Lipinski definition) is 8. The number of carbonyl (C=O) groups is 1. The Labute approximate surface area is 124 Å². The monoisotopic (exact) mass is 304 g/mol. The number of carbonyl (C=O) groups excluding carboxylic acids is 1. The topological polar surface area (TPSA) is 130 Å². The average molecular weight is 304 g/mol. The first-order valence-corrected chi connectivity index (χ1v) is 6.69. The summed E-state index contributed by atoms with van der Waals surface area (Å²) in [6.07, 6.45) is 2.77. The Balaban J connectivity index is 2.19. The molecule has 0 atom stereocenters. The fourth-order valence-corrected chi connectivity index (χ4v) is 2.51. The molecule has 1 amide bonds. The summed E-state index contributed by atoms with van der Waals surface area (Å²) in [5.41, 5.74) is 6.23. The van der Waals surface area contributed by atoms with Gasteiger partial charge >= 0.3 is 0 Å². The van der Waals surface area contributed by atoms with E-state index in [9.17, 15) is 4.79 Å². The molecule has 0 saturated carbocycles. The molecule has 8 nitrogen and oxygen atoms in total. The van der Waals surface area contributed by atoms with Crippen LogP contribution in [-0.4, -0.2) is 22.6 Å². The molecule has 0 bridgehead atoms. The van der Waals surface area contributed by atoms with Crippen LogP contribution in [-0.2, 0) is 6.54 Å². The predicted molar refractivity (Wildman–Crippen MR) is 77.6 cm³/mol. The van der Waals surface area contributed by atoms with Gasteiger partial charge in [-0.25, -0.2) is 0 Å². The van der Waals surface area contributed by atoms with Gasteiger partial charge in [-0.1, -0.05) is 11.2 Å². The fourth-order valence-electron chi connectivity index (χ4n) is 1.52. The van der Waals surface area contributed by atoms with E-state index in [-0.39, 0.29) is 28.6 Å². The van der Waals surface area contributed by atoms with Crippen LogP contribution < -0.4 is 16.4 Å². The second-order valence-electron chi connectivity index (χ2n) is 3.86. The van der Waals surface area contributed by atoms with Gasteiger partial charge in [0.2, 0.25) is 6.39 Å². The van der Waals surface area contributed by atoms with Crippen molar-refractivity contribution in [2.45, 2.75) is 6.54 Å². The van der Waals surface area contributed by atoms with E-state index in [4.69, 9.17) is 11.0 Å². The highest BCUT2D eigenvalue weighted by Crippen LogP contribution is 2.35. The molecule has 0 fully saturated rings. The van der Waals surface area contributed by atoms with Gasteiger partial charge in [0, 0.05) is 6.54 Å². The molecule has 0 aliphatic rings. The lowest BCUT2D eigenvalue weighted by Crippen LogP contribution is -2.23. The van der Waals surface area contributed by atoms with Crippen LogP contribution in [0.2, 0.25) is 0 Å². The third-order valence-electron chi connectivity index (χ3n) is 2.48. The van der Waals surface area contributed by atoms with Gasteiger partial charge in [0.15, 0.2) is 5.82 Å². The number of aromatic nitrogens is 2. The van der Waals surface area contributed by atoms with Crippen LogP contribution >= 0.6 is 11.3 Å². The van der Waals surface area contributed by atoms with Crippen LogP contribution in [0.4, 0.5) is 10.7 Å².